The van der Waals surface area contributed by atoms with E-state index in [1.807, 2.05) is 0 Å². The molecule has 4 rings (SSSR count). The standard InChI is InChI=1S/C25H28ClN7O4S/c1-16(2)38(36,37)21-9-4-3-8-20(21)31-24-19(26)13-28-25(32-24)30-18-7-5-6-17(12-18)29-23(35)15-33-11-10-27-22(34)14-33/h3-9,12-13,16H,10-11,14-15H2,1-2H3,(H,27,34)(H,29,35)(H2,28,30,31,32). The van der Waals surface area contributed by atoms with Crippen molar-refractivity contribution in [1.29, 1.82) is 0 Å². The summed E-state index contributed by atoms with van der Waals surface area (Å²) in [5.74, 6) is 0.104. The molecule has 0 radical (unpaired) electrons. The number of hydrogen-bond donors (Lipinski definition) is 4. The number of piperazine rings is 1. The van der Waals surface area contributed by atoms with Crippen molar-refractivity contribution in [1.82, 2.24) is 20.2 Å². The third-order valence-electron chi connectivity index (χ3n) is 5.70. The SMILES string of the molecule is CC(C)S(=O)(=O)c1ccccc1Nc1nc(Nc2cccc(NC(=O)CN3CCNC(=O)C3)c2)ncc1Cl. The number of aromatic nitrogens is 2. The van der Waals surface area contributed by atoms with Gasteiger partial charge in [-0.1, -0.05) is 29.8 Å². The van der Waals surface area contributed by atoms with Crippen molar-refractivity contribution >= 4 is 62.1 Å². The first-order valence-electron chi connectivity index (χ1n) is 11.9. The Hall–Kier alpha value is -3.74. The monoisotopic (exact) mass is 557 g/mol. The maximum atomic E-state index is 12.8. The van der Waals surface area contributed by atoms with Crippen LogP contribution >= 0.6 is 11.6 Å². The Kier molecular flexibility index (Phi) is 8.45. The average molecular weight is 558 g/mol. The molecule has 11 nitrogen and oxygen atoms in total. The van der Waals surface area contributed by atoms with Crippen molar-refractivity contribution in [3.63, 3.8) is 0 Å². The lowest BCUT2D eigenvalue weighted by atomic mass is 10.2. The average Bonchev–Trinajstić information content (AvgIpc) is 2.86. The van der Waals surface area contributed by atoms with Crippen LogP contribution < -0.4 is 21.3 Å². The predicted molar refractivity (Wildman–Crippen MR) is 147 cm³/mol. The van der Waals surface area contributed by atoms with Crippen molar-refractivity contribution < 1.29 is 18.0 Å². The molecule has 1 saturated heterocycles. The van der Waals surface area contributed by atoms with E-state index in [4.69, 9.17) is 11.6 Å². The molecular weight excluding hydrogens is 530 g/mol. The van der Waals surface area contributed by atoms with Gasteiger partial charge in [-0.05, 0) is 44.2 Å². The highest BCUT2D eigenvalue weighted by atomic mass is 35.5. The Morgan fingerprint density at radius 1 is 1.13 bits per heavy atom. The maximum absolute atomic E-state index is 12.8. The van der Waals surface area contributed by atoms with E-state index in [-0.39, 0.29) is 46.6 Å². The van der Waals surface area contributed by atoms with Crippen LogP contribution in [-0.4, -0.2) is 66.5 Å². The van der Waals surface area contributed by atoms with Gasteiger partial charge in [0.1, 0.15) is 5.02 Å². The molecule has 3 aromatic rings. The van der Waals surface area contributed by atoms with Gasteiger partial charge in [0.25, 0.3) is 0 Å². The van der Waals surface area contributed by atoms with Crippen molar-refractivity contribution in [2.24, 2.45) is 0 Å². The van der Waals surface area contributed by atoms with Crippen molar-refractivity contribution in [3.05, 3.63) is 59.8 Å². The van der Waals surface area contributed by atoms with Crippen LogP contribution in [0.3, 0.4) is 0 Å². The molecule has 200 valence electrons. The molecule has 2 amide bonds. The molecule has 2 heterocycles. The number of carbonyl (C=O) groups is 2. The third-order valence-corrected chi connectivity index (χ3v) is 8.19. The number of amides is 2. The summed E-state index contributed by atoms with van der Waals surface area (Å²) in [5.41, 5.74) is 1.52. The molecule has 0 atom stereocenters. The third kappa shape index (κ3) is 6.77. The van der Waals surface area contributed by atoms with Gasteiger partial charge in [-0.2, -0.15) is 4.98 Å². The number of rotatable bonds is 9. The summed E-state index contributed by atoms with van der Waals surface area (Å²) in [6.45, 7) is 4.66. The smallest absolute Gasteiger partial charge is 0.238 e. The largest absolute Gasteiger partial charge is 0.354 e. The molecule has 1 aliphatic heterocycles. The number of sulfone groups is 1. The van der Waals surface area contributed by atoms with E-state index in [0.29, 0.717) is 30.2 Å². The Balaban J connectivity index is 1.47. The molecular formula is C25H28ClN7O4S. The molecule has 4 N–H and O–H groups in total. The van der Waals surface area contributed by atoms with E-state index in [9.17, 15) is 18.0 Å². The first-order valence-corrected chi connectivity index (χ1v) is 13.8. The summed E-state index contributed by atoms with van der Waals surface area (Å²) in [6.07, 6.45) is 1.40. The van der Waals surface area contributed by atoms with Gasteiger partial charge >= 0.3 is 0 Å². The van der Waals surface area contributed by atoms with Crippen molar-refractivity contribution in [3.8, 4) is 0 Å². The fraction of sp³-hybridized carbons (Fsp3) is 0.280. The number of hydrogen-bond acceptors (Lipinski definition) is 9. The Bertz CT molecular complexity index is 1450. The summed E-state index contributed by atoms with van der Waals surface area (Å²) in [5, 5.41) is 11.2. The van der Waals surface area contributed by atoms with Crippen LogP contribution in [0, 0.1) is 0 Å². The summed E-state index contributed by atoms with van der Waals surface area (Å²) in [6, 6.07) is 13.5. The lowest BCUT2D eigenvalue weighted by Gasteiger charge is -2.25. The molecule has 0 bridgehead atoms. The van der Waals surface area contributed by atoms with Gasteiger partial charge in [-0.15, -0.1) is 0 Å². The van der Waals surface area contributed by atoms with E-state index in [1.165, 1.54) is 12.3 Å². The zero-order chi connectivity index (χ0) is 27.3. The fourth-order valence-corrected chi connectivity index (χ4v) is 5.09. The number of halogens is 1. The molecule has 0 unspecified atom stereocenters. The molecule has 0 saturated carbocycles. The number of benzene rings is 2. The number of nitrogens with one attached hydrogen (secondary N) is 4. The highest BCUT2D eigenvalue weighted by Crippen LogP contribution is 2.30. The van der Waals surface area contributed by atoms with Crippen molar-refractivity contribution in [2.45, 2.75) is 24.0 Å². The summed E-state index contributed by atoms with van der Waals surface area (Å²) >= 11 is 6.31. The molecule has 0 spiro atoms. The van der Waals surface area contributed by atoms with Gasteiger partial charge in [0.15, 0.2) is 15.7 Å². The van der Waals surface area contributed by atoms with Crippen LogP contribution in [0.1, 0.15) is 13.8 Å². The van der Waals surface area contributed by atoms with E-state index >= 15 is 0 Å². The van der Waals surface area contributed by atoms with E-state index in [1.54, 1.807) is 61.2 Å². The van der Waals surface area contributed by atoms with Gasteiger partial charge in [0, 0.05) is 24.5 Å². The Labute approximate surface area is 225 Å². The van der Waals surface area contributed by atoms with E-state index < -0.39 is 15.1 Å². The van der Waals surface area contributed by atoms with Gasteiger partial charge in [-0.25, -0.2) is 13.4 Å². The minimum absolute atomic E-state index is 0.0999. The van der Waals surface area contributed by atoms with Gasteiger partial charge < -0.3 is 21.3 Å². The van der Waals surface area contributed by atoms with Crippen LogP contribution in [0.15, 0.2) is 59.6 Å². The predicted octanol–water partition coefficient (Wildman–Crippen LogP) is 3.17. The second-order valence-corrected chi connectivity index (χ2v) is 11.8. The molecule has 1 fully saturated rings. The molecule has 1 aromatic heterocycles. The van der Waals surface area contributed by atoms with E-state index in [0.717, 1.165) is 0 Å². The lowest BCUT2D eigenvalue weighted by molar-refractivity contribution is -0.125. The van der Waals surface area contributed by atoms with Gasteiger partial charge in [0.2, 0.25) is 17.8 Å². The topological polar surface area (TPSA) is 145 Å². The first-order chi connectivity index (χ1) is 18.1. The zero-order valence-corrected chi connectivity index (χ0v) is 22.4. The number of nitrogens with zero attached hydrogens (tertiary/aromatic N) is 3. The van der Waals surface area contributed by atoms with Crippen LogP contribution in [0.2, 0.25) is 5.02 Å². The minimum atomic E-state index is -3.55. The number of para-hydroxylation sites is 1. The summed E-state index contributed by atoms with van der Waals surface area (Å²) < 4.78 is 25.6. The highest BCUT2D eigenvalue weighted by Gasteiger charge is 2.23. The van der Waals surface area contributed by atoms with E-state index in [2.05, 4.69) is 31.2 Å². The second kappa shape index (κ2) is 11.8. The number of carbonyl (C=O) groups excluding carboxylic acids is 2. The minimum Gasteiger partial charge on any atom is -0.354 e. The van der Waals surface area contributed by atoms with Gasteiger partial charge in [-0.3, -0.25) is 14.5 Å². The van der Waals surface area contributed by atoms with Crippen LogP contribution in [0.25, 0.3) is 0 Å². The highest BCUT2D eigenvalue weighted by molar-refractivity contribution is 7.92. The Morgan fingerprint density at radius 2 is 1.89 bits per heavy atom. The second-order valence-electron chi connectivity index (χ2n) is 8.92. The van der Waals surface area contributed by atoms with Crippen LogP contribution in [-0.2, 0) is 19.4 Å². The fourth-order valence-electron chi connectivity index (χ4n) is 3.75. The number of anilines is 5. The Morgan fingerprint density at radius 3 is 2.66 bits per heavy atom. The van der Waals surface area contributed by atoms with Crippen LogP contribution in [0.5, 0.6) is 0 Å². The molecule has 38 heavy (non-hydrogen) atoms. The molecule has 2 aromatic carbocycles. The first kappa shape index (κ1) is 27.3. The quantitative estimate of drug-likeness (QED) is 0.311. The summed E-state index contributed by atoms with van der Waals surface area (Å²) in [4.78, 5) is 34.5. The summed E-state index contributed by atoms with van der Waals surface area (Å²) in [7, 11) is -3.55. The van der Waals surface area contributed by atoms with Gasteiger partial charge in [0.05, 0.1) is 35.1 Å². The zero-order valence-electron chi connectivity index (χ0n) is 20.9. The van der Waals surface area contributed by atoms with Crippen molar-refractivity contribution in [2.75, 3.05) is 42.1 Å². The molecule has 0 aliphatic carbocycles. The molecule has 13 heteroatoms. The normalized spacial score (nSPS) is 14.2. The lowest BCUT2D eigenvalue weighted by Crippen LogP contribution is -2.49. The molecule has 1 aliphatic rings. The maximum Gasteiger partial charge on any atom is 0.238 e. The van der Waals surface area contributed by atoms with Crippen LogP contribution in [0.4, 0.5) is 28.8 Å².